The van der Waals surface area contributed by atoms with Gasteiger partial charge < -0.3 is 13.9 Å². The summed E-state index contributed by atoms with van der Waals surface area (Å²) in [5.41, 5.74) is 2.59. The molecule has 0 radical (unpaired) electrons. The van der Waals surface area contributed by atoms with Gasteiger partial charge in [-0.3, -0.25) is 4.99 Å². The minimum Gasteiger partial charge on any atom is -0.493 e. The zero-order chi connectivity index (χ0) is 21.8. The van der Waals surface area contributed by atoms with Gasteiger partial charge >= 0.3 is 0 Å². The quantitative estimate of drug-likeness (QED) is 0.364. The van der Waals surface area contributed by atoms with Crippen LogP contribution in [0.2, 0.25) is 0 Å². The van der Waals surface area contributed by atoms with E-state index in [1.54, 1.807) is 25.0 Å². The van der Waals surface area contributed by atoms with Gasteiger partial charge in [0.2, 0.25) is 4.80 Å². The molecule has 0 unspecified atom stereocenters. The zero-order valence-electron chi connectivity index (χ0n) is 18.0. The van der Waals surface area contributed by atoms with Gasteiger partial charge in [0.1, 0.15) is 11.3 Å². The predicted molar refractivity (Wildman–Crippen MR) is 125 cm³/mol. The van der Waals surface area contributed by atoms with Crippen molar-refractivity contribution < 1.29 is 13.9 Å². The Bertz CT molecular complexity index is 1250. The van der Waals surface area contributed by atoms with E-state index < -0.39 is 0 Å². The van der Waals surface area contributed by atoms with Crippen LogP contribution in [0.25, 0.3) is 22.4 Å². The van der Waals surface area contributed by atoms with E-state index in [1.807, 2.05) is 53.9 Å². The first-order chi connectivity index (χ1) is 15.1. The molecule has 4 aromatic rings. The Balaban J connectivity index is 1.67. The molecule has 0 aliphatic heterocycles. The number of para-hydroxylation sites is 1. The average molecular weight is 436 g/mol. The number of fused-ring (bicyclic) bond motifs is 1. The number of ether oxygens (including phenoxy) is 2. The third-order valence-corrected chi connectivity index (χ3v) is 5.54. The van der Waals surface area contributed by atoms with Crippen LogP contribution in [0.4, 0.5) is 0 Å². The molecule has 4 rings (SSSR count). The molecule has 0 saturated carbocycles. The summed E-state index contributed by atoms with van der Waals surface area (Å²) in [7, 11) is 3.39. The van der Waals surface area contributed by atoms with E-state index >= 15 is 0 Å². The van der Waals surface area contributed by atoms with Crippen LogP contribution in [0.3, 0.4) is 0 Å². The molecule has 0 bridgehead atoms. The van der Waals surface area contributed by atoms with Gasteiger partial charge in [-0.25, -0.2) is 4.68 Å². The smallest absolute Gasteiger partial charge is 0.206 e. The van der Waals surface area contributed by atoms with E-state index in [2.05, 4.69) is 23.9 Å². The highest BCUT2D eigenvalue weighted by Gasteiger charge is 2.13. The highest BCUT2D eigenvalue weighted by molar-refractivity contribution is 7.07. The SMILES string of the molecule is CN=c1scc(-c2cc3ccccc3o2)n1N=Cc1ccc(OCC(C)C)c(OC)c1. The van der Waals surface area contributed by atoms with Gasteiger partial charge in [-0.1, -0.05) is 32.0 Å². The van der Waals surface area contributed by atoms with Crippen molar-refractivity contribution in [2.45, 2.75) is 13.8 Å². The summed E-state index contributed by atoms with van der Waals surface area (Å²) >= 11 is 1.51. The van der Waals surface area contributed by atoms with Crippen LogP contribution in [0.15, 0.2) is 68.4 Å². The molecule has 0 aliphatic carbocycles. The summed E-state index contributed by atoms with van der Waals surface area (Å²) in [5, 5.41) is 7.74. The molecule has 0 atom stereocenters. The second-order valence-electron chi connectivity index (χ2n) is 7.45. The van der Waals surface area contributed by atoms with Crippen LogP contribution in [-0.2, 0) is 0 Å². The maximum Gasteiger partial charge on any atom is 0.206 e. The average Bonchev–Trinajstić information content (AvgIpc) is 3.39. The Morgan fingerprint density at radius 3 is 2.71 bits per heavy atom. The number of hydrogen-bond acceptors (Lipinski definition) is 6. The molecule has 0 spiro atoms. The summed E-state index contributed by atoms with van der Waals surface area (Å²) < 4.78 is 19.2. The summed E-state index contributed by atoms with van der Waals surface area (Å²) in [4.78, 5) is 5.13. The molecule has 0 aliphatic rings. The Morgan fingerprint density at radius 1 is 1.13 bits per heavy atom. The van der Waals surface area contributed by atoms with Gasteiger partial charge in [0.05, 0.1) is 19.9 Å². The van der Waals surface area contributed by atoms with Gasteiger partial charge in [-0.15, -0.1) is 11.3 Å². The number of hydrogen-bond donors (Lipinski definition) is 0. The van der Waals surface area contributed by atoms with Gasteiger partial charge in [0.15, 0.2) is 17.3 Å². The fourth-order valence-corrected chi connectivity index (χ4v) is 3.89. The largest absolute Gasteiger partial charge is 0.493 e. The first-order valence-electron chi connectivity index (χ1n) is 10.1. The van der Waals surface area contributed by atoms with E-state index in [4.69, 9.17) is 13.9 Å². The molecule has 31 heavy (non-hydrogen) atoms. The molecule has 6 nitrogen and oxygen atoms in total. The molecule has 7 heteroatoms. The van der Waals surface area contributed by atoms with Gasteiger partial charge in [0, 0.05) is 17.8 Å². The Hall–Kier alpha value is -3.32. The van der Waals surface area contributed by atoms with Crippen molar-refractivity contribution in [3.63, 3.8) is 0 Å². The summed E-state index contributed by atoms with van der Waals surface area (Å²) in [6.45, 7) is 4.86. The highest BCUT2D eigenvalue weighted by atomic mass is 32.1. The number of aromatic nitrogens is 1. The van der Waals surface area contributed by atoms with Crippen molar-refractivity contribution in [2.24, 2.45) is 16.0 Å². The van der Waals surface area contributed by atoms with Crippen molar-refractivity contribution in [3.8, 4) is 23.0 Å². The summed E-state index contributed by atoms with van der Waals surface area (Å²) in [6.07, 6.45) is 1.78. The van der Waals surface area contributed by atoms with E-state index in [-0.39, 0.29) is 0 Å². The fourth-order valence-electron chi connectivity index (χ4n) is 3.11. The molecule has 0 fully saturated rings. The lowest BCUT2D eigenvalue weighted by atomic mass is 10.2. The molecule has 0 amide bonds. The minimum absolute atomic E-state index is 0.439. The Morgan fingerprint density at radius 2 is 1.97 bits per heavy atom. The monoisotopic (exact) mass is 435 g/mol. The van der Waals surface area contributed by atoms with Crippen LogP contribution in [-0.4, -0.2) is 31.7 Å². The number of furan rings is 1. The van der Waals surface area contributed by atoms with E-state index in [0.717, 1.165) is 38.5 Å². The van der Waals surface area contributed by atoms with E-state index in [9.17, 15) is 0 Å². The lowest BCUT2D eigenvalue weighted by molar-refractivity contribution is 0.257. The number of thiazole rings is 1. The van der Waals surface area contributed by atoms with E-state index in [0.29, 0.717) is 18.3 Å². The Kier molecular flexibility index (Phi) is 6.23. The first-order valence-corrected chi connectivity index (χ1v) is 10.9. The highest BCUT2D eigenvalue weighted by Crippen LogP contribution is 2.29. The molecule has 2 aromatic carbocycles. The van der Waals surface area contributed by atoms with Crippen LogP contribution < -0.4 is 14.3 Å². The van der Waals surface area contributed by atoms with Crippen molar-refractivity contribution >= 4 is 28.5 Å². The molecule has 160 valence electrons. The predicted octanol–water partition coefficient (Wildman–Crippen LogP) is 5.42. The molecule has 0 N–H and O–H groups in total. The van der Waals surface area contributed by atoms with Crippen molar-refractivity contribution in [2.75, 3.05) is 20.8 Å². The molecule has 2 heterocycles. The van der Waals surface area contributed by atoms with Crippen LogP contribution in [0.1, 0.15) is 19.4 Å². The van der Waals surface area contributed by atoms with Crippen molar-refractivity contribution in [3.05, 3.63) is 64.3 Å². The molecule has 2 aromatic heterocycles. The van der Waals surface area contributed by atoms with Gasteiger partial charge in [-0.2, -0.15) is 5.10 Å². The number of benzene rings is 2. The maximum atomic E-state index is 6.04. The fraction of sp³-hybridized carbons (Fsp3) is 0.250. The lowest BCUT2D eigenvalue weighted by Gasteiger charge is -2.12. The zero-order valence-corrected chi connectivity index (χ0v) is 18.8. The van der Waals surface area contributed by atoms with Gasteiger partial charge in [0.25, 0.3) is 0 Å². The van der Waals surface area contributed by atoms with Gasteiger partial charge in [-0.05, 0) is 41.8 Å². The van der Waals surface area contributed by atoms with E-state index in [1.165, 1.54) is 11.3 Å². The second kappa shape index (κ2) is 9.22. The first kappa shape index (κ1) is 20.9. The second-order valence-corrected chi connectivity index (χ2v) is 8.28. The van der Waals surface area contributed by atoms with Crippen LogP contribution in [0, 0.1) is 5.92 Å². The number of nitrogens with zero attached hydrogens (tertiary/aromatic N) is 3. The van der Waals surface area contributed by atoms with Crippen LogP contribution >= 0.6 is 11.3 Å². The van der Waals surface area contributed by atoms with Crippen LogP contribution in [0.5, 0.6) is 11.5 Å². The third kappa shape index (κ3) is 4.56. The Labute approximate surface area is 185 Å². The van der Waals surface area contributed by atoms with Crippen molar-refractivity contribution in [1.29, 1.82) is 0 Å². The molecular weight excluding hydrogens is 410 g/mol. The maximum absolute atomic E-state index is 6.04. The summed E-state index contributed by atoms with van der Waals surface area (Å²) in [6, 6.07) is 15.7. The topological polar surface area (TPSA) is 61.2 Å². The molecular formula is C24H25N3O3S. The third-order valence-electron chi connectivity index (χ3n) is 4.64. The lowest BCUT2D eigenvalue weighted by Crippen LogP contribution is -2.11. The standard InChI is InChI=1S/C24H25N3O3S/c1-16(2)14-29-21-10-9-17(11-23(21)28-4)13-26-27-19(15-31-24(27)25-3)22-12-18-7-5-6-8-20(18)30-22/h5-13,15-16H,14H2,1-4H3. The number of rotatable bonds is 7. The molecule has 0 saturated heterocycles. The summed E-state index contributed by atoms with van der Waals surface area (Å²) in [5.74, 6) is 2.59. The minimum atomic E-state index is 0.439. The number of methoxy groups -OCH3 is 1. The normalized spacial score (nSPS) is 12.4. The van der Waals surface area contributed by atoms with Crippen molar-refractivity contribution in [1.82, 2.24) is 4.68 Å².